The molecule has 0 bridgehead atoms. The van der Waals surface area contributed by atoms with Gasteiger partial charge in [0.15, 0.2) is 16.9 Å². The molecule has 0 saturated carbocycles. The molecule has 2 aromatic rings. The summed E-state index contributed by atoms with van der Waals surface area (Å²) >= 11 is 7.49. The number of Topliss-reactive ketones (excluding diaryl/α,β-unsaturated/α-hetero) is 1. The number of carbonyl (C=O) groups excluding carboxylic acids is 2. The summed E-state index contributed by atoms with van der Waals surface area (Å²) in [6, 6.07) is 11.2. The molecule has 1 N–H and O–H groups in total. The molecule has 2 aromatic carbocycles. The number of hydrogen-bond donors (Lipinski definition) is 1. The first-order valence-corrected chi connectivity index (χ1v) is 10.1. The monoisotopic (exact) mass is 458 g/mol. The molecule has 2 rings (SSSR count). The minimum atomic E-state index is -2.02. The number of esters is 1. The van der Waals surface area contributed by atoms with Crippen LogP contribution in [0.1, 0.15) is 34.3 Å². The summed E-state index contributed by atoms with van der Waals surface area (Å²) in [5.74, 6) is -2.38. The minimum absolute atomic E-state index is 0.0950. The highest BCUT2D eigenvalue weighted by atomic mass is 79.9. The standard InChI is InChI=1S/C18H16BrClO5S/c1-2-25-18(22)16(12-4-6-13(19)7-5-12)17(21)14-8-3-11(9-15(14)20)10-26(23)24/h3-9,16H,2,10H2,1H3,(H,23,24). The van der Waals surface area contributed by atoms with Gasteiger partial charge in [0.25, 0.3) is 0 Å². The Kier molecular flexibility index (Phi) is 7.52. The second kappa shape index (κ2) is 9.41. The van der Waals surface area contributed by atoms with E-state index in [9.17, 15) is 13.8 Å². The van der Waals surface area contributed by atoms with E-state index in [2.05, 4.69) is 15.9 Å². The summed E-state index contributed by atoms with van der Waals surface area (Å²) in [7, 11) is 0. The molecule has 8 heteroatoms. The summed E-state index contributed by atoms with van der Waals surface area (Å²) in [4.78, 5) is 25.4. The Morgan fingerprint density at radius 1 is 1.23 bits per heavy atom. The van der Waals surface area contributed by atoms with Gasteiger partial charge >= 0.3 is 5.97 Å². The average Bonchev–Trinajstić information content (AvgIpc) is 2.56. The van der Waals surface area contributed by atoms with Gasteiger partial charge in [0.1, 0.15) is 5.92 Å². The zero-order valence-corrected chi connectivity index (χ0v) is 16.9. The SMILES string of the molecule is CCOC(=O)C(C(=O)c1ccc(CS(=O)O)cc1Cl)c1ccc(Br)cc1. The van der Waals surface area contributed by atoms with Crippen LogP contribution < -0.4 is 0 Å². The van der Waals surface area contributed by atoms with Crippen LogP contribution in [0.15, 0.2) is 46.9 Å². The third-order valence-corrected chi connectivity index (χ3v) is 5.00. The summed E-state index contributed by atoms with van der Waals surface area (Å²) < 4.78 is 25.8. The van der Waals surface area contributed by atoms with Crippen molar-refractivity contribution in [2.24, 2.45) is 0 Å². The van der Waals surface area contributed by atoms with Crippen LogP contribution in [-0.2, 0) is 26.4 Å². The first-order valence-electron chi connectivity index (χ1n) is 7.65. The second-order valence-corrected chi connectivity index (χ2v) is 7.64. The van der Waals surface area contributed by atoms with Gasteiger partial charge < -0.3 is 9.29 Å². The van der Waals surface area contributed by atoms with Crippen molar-refractivity contribution in [3.05, 3.63) is 68.7 Å². The molecule has 0 aliphatic heterocycles. The van der Waals surface area contributed by atoms with Crippen molar-refractivity contribution in [3.63, 3.8) is 0 Å². The fraction of sp³-hybridized carbons (Fsp3) is 0.222. The van der Waals surface area contributed by atoms with E-state index in [0.717, 1.165) is 4.47 Å². The van der Waals surface area contributed by atoms with Gasteiger partial charge in [0.05, 0.1) is 17.4 Å². The van der Waals surface area contributed by atoms with Crippen LogP contribution in [-0.4, -0.2) is 27.1 Å². The van der Waals surface area contributed by atoms with Crippen LogP contribution in [0, 0.1) is 0 Å². The maximum atomic E-state index is 13.0. The van der Waals surface area contributed by atoms with Crippen molar-refractivity contribution in [2.75, 3.05) is 6.61 Å². The fourth-order valence-electron chi connectivity index (χ4n) is 2.42. The number of halogens is 2. The van der Waals surface area contributed by atoms with Crippen LogP contribution in [0.4, 0.5) is 0 Å². The van der Waals surface area contributed by atoms with Gasteiger partial charge in [-0.3, -0.25) is 9.59 Å². The lowest BCUT2D eigenvalue weighted by Gasteiger charge is -2.16. The largest absolute Gasteiger partial charge is 0.465 e. The summed E-state index contributed by atoms with van der Waals surface area (Å²) in [5, 5.41) is 0.115. The highest BCUT2D eigenvalue weighted by Crippen LogP contribution is 2.28. The third-order valence-electron chi connectivity index (χ3n) is 3.58. The molecule has 0 radical (unpaired) electrons. The van der Waals surface area contributed by atoms with E-state index in [0.29, 0.717) is 11.1 Å². The molecule has 0 heterocycles. The summed E-state index contributed by atoms with van der Waals surface area (Å²) in [5.41, 5.74) is 1.16. The van der Waals surface area contributed by atoms with Crippen molar-refractivity contribution < 1.29 is 23.1 Å². The lowest BCUT2D eigenvalue weighted by Crippen LogP contribution is -2.24. The van der Waals surface area contributed by atoms with E-state index in [1.807, 2.05) is 0 Å². The van der Waals surface area contributed by atoms with Gasteiger partial charge in [-0.15, -0.1) is 0 Å². The molecular formula is C18H16BrClO5S. The molecule has 0 aromatic heterocycles. The van der Waals surface area contributed by atoms with E-state index in [-0.39, 0.29) is 22.9 Å². The van der Waals surface area contributed by atoms with E-state index >= 15 is 0 Å². The Bertz CT molecular complexity index is 838. The first-order chi connectivity index (χ1) is 12.3. The van der Waals surface area contributed by atoms with Gasteiger partial charge in [-0.2, -0.15) is 0 Å². The Balaban J connectivity index is 2.41. The van der Waals surface area contributed by atoms with Crippen molar-refractivity contribution in [1.82, 2.24) is 0 Å². The lowest BCUT2D eigenvalue weighted by molar-refractivity contribution is -0.143. The average molecular weight is 460 g/mol. The van der Waals surface area contributed by atoms with E-state index in [1.165, 1.54) is 18.2 Å². The Morgan fingerprint density at radius 3 is 2.42 bits per heavy atom. The van der Waals surface area contributed by atoms with Crippen molar-refractivity contribution >= 4 is 50.4 Å². The van der Waals surface area contributed by atoms with Crippen LogP contribution in [0.2, 0.25) is 5.02 Å². The van der Waals surface area contributed by atoms with E-state index < -0.39 is 28.8 Å². The molecule has 26 heavy (non-hydrogen) atoms. The third kappa shape index (κ3) is 5.23. The molecule has 0 amide bonds. The number of carbonyl (C=O) groups is 2. The van der Waals surface area contributed by atoms with Crippen LogP contribution >= 0.6 is 27.5 Å². The van der Waals surface area contributed by atoms with E-state index in [1.54, 1.807) is 31.2 Å². The number of rotatable bonds is 7. The van der Waals surface area contributed by atoms with Crippen LogP contribution in [0.25, 0.3) is 0 Å². The minimum Gasteiger partial charge on any atom is -0.465 e. The van der Waals surface area contributed by atoms with Crippen molar-refractivity contribution in [2.45, 2.75) is 18.6 Å². The zero-order valence-electron chi connectivity index (χ0n) is 13.8. The second-order valence-electron chi connectivity index (χ2n) is 5.38. The molecular weight excluding hydrogens is 444 g/mol. The molecule has 0 saturated heterocycles. The molecule has 0 spiro atoms. The predicted octanol–water partition coefficient (Wildman–Crippen LogP) is 4.35. The van der Waals surface area contributed by atoms with Gasteiger partial charge in [-0.1, -0.05) is 45.7 Å². The van der Waals surface area contributed by atoms with E-state index in [4.69, 9.17) is 20.9 Å². The topological polar surface area (TPSA) is 80.7 Å². The Labute approximate surface area is 167 Å². The van der Waals surface area contributed by atoms with Gasteiger partial charge in [-0.05, 0) is 42.3 Å². The van der Waals surface area contributed by atoms with Crippen LogP contribution in [0.5, 0.6) is 0 Å². The molecule has 5 nitrogen and oxygen atoms in total. The quantitative estimate of drug-likeness (QED) is 0.288. The smallest absolute Gasteiger partial charge is 0.321 e. The molecule has 2 unspecified atom stereocenters. The van der Waals surface area contributed by atoms with Crippen LogP contribution in [0.3, 0.4) is 0 Å². The molecule has 0 aliphatic carbocycles. The zero-order chi connectivity index (χ0) is 19.3. The molecule has 0 fully saturated rings. The maximum Gasteiger partial charge on any atom is 0.321 e. The maximum absolute atomic E-state index is 13.0. The van der Waals surface area contributed by atoms with Crippen molar-refractivity contribution in [3.8, 4) is 0 Å². The molecule has 2 atom stereocenters. The van der Waals surface area contributed by atoms with Crippen molar-refractivity contribution in [1.29, 1.82) is 0 Å². The number of hydrogen-bond acceptors (Lipinski definition) is 4. The Hall–Kier alpha value is -1.54. The van der Waals surface area contributed by atoms with Gasteiger partial charge in [-0.25, -0.2) is 4.21 Å². The molecule has 138 valence electrons. The number of ether oxygens (including phenoxy) is 1. The normalized spacial score (nSPS) is 13.1. The Morgan fingerprint density at radius 2 is 1.88 bits per heavy atom. The molecule has 0 aliphatic rings. The highest BCUT2D eigenvalue weighted by molar-refractivity contribution is 9.10. The van der Waals surface area contributed by atoms with Gasteiger partial charge in [0, 0.05) is 10.0 Å². The number of ketones is 1. The summed E-state index contributed by atoms with van der Waals surface area (Å²) in [6.07, 6.45) is 0. The fourth-order valence-corrected chi connectivity index (χ4v) is 3.45. The predicted molar refractivity (Wildman–Crippen MR) is 104 cm³/mol. The lowest BCUT2D eigenvalue weighted by atomic mass is 9.90. The number of benzene rings is 2. The van der Waals surface area contributed by atoms with Gasteiger partial charge in [0.2, 0.25) is 0 Å². The summed E-state index contributed by atoms with van der Waals surface area (Å²) in [6.45, 7) is 1.81. The highest BCUT2D eigenvalue weighted by Gasteiger charge is 2.32. The first kappa shape index (κ1) is 20.8.